The first kappa shape index (κ1) is 10.4. The van der Waals surface area contributed by atoms with Crippen LogP contribution in [0.2, 0.25) is 0 Å². The summed E-state index contributed by atoms with van der Waals surface area (Å²) in [6.45, 7) is 4.54. The molecule has 0 aromatic heterocycles. The van der Waals surface area contributed by atoms with Crippen LogP contribution in [0.25, 0.3) is 0 Å². The lowest BCUT2D eigenvalue weighted by atomic mass is 9.78. The van der Waals surface area contributed by atoms with Gasteiger partial charge in [-0.1, -0.05) is 12.8 Å². The molecule has 0 aromatic carbocycles. The molecular weight excluding hydrogens is 172 g/mol. The highest BCUT2D eigenvalue weighted by atomic mass is 15.2. The van der Waals surface area contributed by atoms with Crippen LogP contribution in [0.15, 0.2) is 0 Å². The van der Waals surface area contributed by atoms with Gasteiger partial charge in [0.05, 0.1) is 0 Å². The van der Waals surface area contributed by atoms with Gasteiger partial charge in [-0.25, -0.2) is 0 Å². The Kier molecular flexibility index (Phi) is 3.45. The number of hydrogen-bond donors (Lipinski definition) is 1. The normalized spacial score (nSPS) is 36.4. The molecule has 2 aliphatic rings. The van der Waals surface area contributed by atoms with Crippen LogP contribution < -0.4 is 5.73 Å². The number of rotatable bonds is 2. The minimum absolute atomic E-state index is 0.343. The largest absolute Gasteiger partial charge is 0.327 e. The summed E-state index contributed by atoms with van der Waals surface area (Å²) in [5.74, 6) is 0.997. The summed E-state index contributed by atoms with van der Waals surface area (Å²) in [5.41, 5.74) is 5.90. The number of hydrogen-bond acceptors (Lipinski definition) is 2. The van der Waals surface area contributed by atoms with Crippen LogP contribution in [0.4, 0.5) is 0 Å². The first-order chi connectivity index (χ1) is 6.77. The Bertz CT molecular complexity index is 177. The summed E-state index contributed by atoms with van der Waals surface area (Å²) in [7, 11) is 0. The van der Waals surface area contributed by atoms with E-state index in [0.717, 1.165) is 18.5 Å². The Labute approximate surface area is 87.8 Å². The Balaban J connectivity index is 1.94. The van der Waals surface area contributed by atoms with E-state index in [4.69, 9.17) is 5.73 Å². The first-order valence-electron chi connectivity index (χ1n) is 6.27. The highest BCUT2D eigenvalue weighted by molar-refractivity contribution is 4.88. The fraction of sp³-hybridized carbons (Fsp3) is 1.00. The zero-order valence-electron chi connectivity index (χ0n) is 9.41. The molecule has 1 saturated heterocycles. The molecule has 2 heteroatoms. The van der Waals surface area contributed by atoms with Gasteiger partial charge >= 0.3 is 0 Å². The number of nitrogens with two attached hydrogens (primary N) is 1. The lowest BCUT2D eigenvalue weighted by molar-refractivity contribution is 0.0575. The summed E-state index contributed by atoms with van der Waals surface area (Å²) < 4.78 is 0. The SMILES string of the molecule is C[C@@H](N)CN1CCC[C@H]2CCCC[C@H]21. The summed E-state index contributed by atoms with van der Waals surface area (Å²) in [4.78, 5) is 2.66. The van der Waals surface area contributed by atoms with Crippen molar-refractivity contribution in [2.75, 3.05) is 13.1 Å². The van der Waals surface area contributed by atoms with Crippen molar-refractivity contribution in [3.05, 3.63) is 0 Å². The van der Waals surface area contributed by atoms with Crippen LogP contribution in [0.5, 0.6) is 0 Å². The van der Waals surface area contributed by atoms with Crippen LogP contribution in [0, 0.1) is 5.92 Å². The van der Waals surface area contributed by atoms with E-state index in [1.54, 1.807) is 0 Å². The molecule has 0 aromatic rings. The van der Waals surface area contributed by atoms with Gasteiger partial charge in [0, 0.05) is 18.6 Å². The van der Waals surface area contributed by atoms with Crippen molar-refractivity contribution < 1.29 is 0 Å². The van der Waals surface area contributed by atoms with Gasteiger partial charge in [-0.3, -0.25) is 4.90 Å². The lowest BCUT2D eigenvalue weighted by Gasteiger charge is -2.44. The molecule has 0 spiro atoms. The van der Waals surface area contributed by atoms with E-state index >= 15 is 0 Å². The third kappa shape index (κ3) is 2.29. The molecule has 1 heterocycles. The first-order valence-corrected chi connectivity index (χ1v) is 6.27. The molecular formula is C12H24N2. The molecule has 0 radical (unpaired) electrons. The summed E-state index contributed by atoms with van der Waals surface area (Å²) in [5, 5.41) is 0. The maximum absolute atomic E-state index is 5.90. The predicted molar refractivity (Wildman–Crippen MR) is 60.2 cm³/mol. The predicted octanol–water partition coefficient (Wildman–Crippen LogP) is 1.99. The van der Waals surface area contributed by atoms with Crippen molar-refractivity contribution >= 4 is 0 Å². The lowest BCUT2D eigenvalue weighted by Crippen LogP contribution is -2.50. The molecule has 0 amide bonds. The second kappa shape index (κ2) is 4.63. The van der Waals surface area contributed by atoms with E-state index in [0.29, 0.717) is 6.04 Å². The number of fused-ring (bicyclic) bond motifs is 1. The molecule has 82 valence electrons. The highest BCUT2D eigenvalue weighted by Crippen LogP contribution is 2.34. The average Bonchev–Trinajstić information content (AvgIpc) is 2.18. The fourth-order valence-electron chi connectivity index (χ4n) is 3.32. The van der Waals surface area contributed by atoms with Crippen LogP contribution in [0.1, 0.15) is 45.4 Å². The van der Waals surface area contributed by atoms with Crippen molar-refractivity contribution in [1.82, 2.24) is 4.90 Å². The second-order valence-corrected chi connectivity index (χ2v) is 5.23. The Hall–Kier alpha value is -0.0800. The van der Waals surface area contributed by atoms with E-state index in [9.17, 15) is 0 Å². The Morgan fingerprint density at radius 3 is 2.71 bits per heavy atom. The van der Waals surface area contributed by atoms with E-state index in [2.05, 4.69) is 11.8 Å². The minimum Gasteiger partial charge on any atom is -0.327 e. The molecule has 1 aliphatic heterocycles. The zero-order valence-corrected chi connectivity index (χ0v) is 9.41. The van der Waals surface area contributed by atoms with E-state index in [1.807, 2.05) is 0 Å². The molecule has 2 fully saturated rings. The third-order valence-corrected chi connectivity index (χ3v) is 3.88. The Morgan fingerprint density at radius 1 is 1.21 bits per heavy atom. The van der Waals surface area contributed by atoms with Crippen molar-refractivity contribution in [3.8, 4) is 0 Å². The van der Waals surface area contributed by atoms with Gasteiger partial charge in [0.2, 0.25) is 0 Å². The highest BCUT2D eigenvalue weighted by Gasteiger charge is 2.32. The molecule has 1 saturated carbocycles. The second-order valence-electron chi connectivity index (χ2n) is 5.23. The fourth-order valence-corrected chi connectivity index (χ4v) is 3.32. The molecule has 2 rings (SSSR count). The van der Waals surface area contributed by atoms with Crippen LogP contribution in [-0.4, -0.2) is 30.1 Å². The van der Waals surface area contributed by atoms with E-state index in [-0.39, 0.29) is 0 Å². The molecule has 3 atom stereocenters. The van der Waals surface area contributed by atoms with Gasteiger partial charge in [0.15, 0.2) is 0 Å². The minimum atomic E-state index is 0.343. The molecule has 2 nitrogen and oxygen atoms in total. The molecule has 0 bridgehead atoms. The molecule has 0 unspecified atom stereocenters. The molecule has 14 heavy (non-hydrogen) atoms. The Morgan fingerprint density at radius 2 is 1.93 bits per heavy atom. The smallest absolute Gasteiger partial charge is 0.0139 e. The third-order valence-electron chi connectivity index (χ3n) is 3.88. The number of piperidine rings is 1. The number of likely N-dealkylation sites (tertiary alicyclic amines) is 1. The van der Waals surface area contributed by atoms with Crippen LogP contribution >= 0.6 is 0 Å². The van der Waals surface area contributed by atoms with Crippen LogP contribution in [-0.2, 0) is 0 Å². The van der Waals surface area contributed by atoms with E-state index in [1.165, 1.54) is 45.1 Å². The van der Waals surface area contributed by atoms with Crippen molar-refractivity contribution in [3.63, 3.8) is 0 Å². The summed E-state index contributed by atoms with van der Waals surface area (Å²) in [6.07, 6.45) is 8.68. The van der Waals surface area contributed by atoms with E-state index < -0.39 is 0 Å². The molecule has 2 N–H and O–H groups in total. The monoisotopic (exact) mass is 196 g/mol. The maximum atomic E-state index is 5.90. The summed E-state index contributed by atoms with van der Waals surface area (Å²) >= 11 is 0. The van der Waals surface area contributed by atoms with Crippen LogP contribution in [0.3, 0.4) is 0 Å². The van der Waals surface area contributed by atoms with Gasteiger partial charge in [0.25, 0.3) is 0 Å². The van der Waals surface area contributed by atoms with Gasteiger partial charge in [-0.05, 0) is 45.1 Å². The zero-order chi connectivity index (χ0) is 9.97. The topological polar surface area (TPSA) is 29.3 Å². The summed E-state index contributed by atoms with van der Waals surface area (Å²) in [6, 6.07) is 1.22. The standard InChI is InChI=1S/C12H24N2/c1-10(13)9-14-8-4-6-11-5-2-3-7-12(11)14/h10-12H,2-9,13H2,1H3/t10-,11-,12-/m1/s1. The van der Waals surface area contributed by atoms with Gasteiger partial charge in [-0.2, -0.15) is 0 Å². The average molecular weight is 196 g/mol. The van der Waals surface area contributed by atoms with Crippen molar-refractivity contribution in [2.24, 2.45) is 11.7 Å². The van der Waals surface area contributed by atoms with Crippen molar-refractivity contribution in [1.29, 1.82) is 0 Å². The van der Waals surface area contributed by atoms with Gasteiger partial charge in [-0.15, -0.1) is 0 Å². The number of nitrogens with zero attached hydrogens (tertiary/aromatic N) is 1. The molecule has 1 aliphatic carbocycles. The van der Waals surface area contributed by atoms with Gasteiger partial charge in [0.1, 0.15) is 0 Å². The quantitative estimate of drug-likeness (QED) is 0.732. The van der Waals surface area contributed by atoms with Crippen molar-refractivity contribution in [2.45, 2.75) is 57.5 Å². The van der Waals surface area contributed by atoms with Gasteiger partial charge < -0.3 is 5.73 Å². The maximum Gasteiger partial charge on any atom is 0.0139 e.